The Morgan fingerprint density at radius 1 is 1.14 bits per heavy atom. The number of ether oxygens (including phenoxy) is 1. The van der Waals surface area contributed by atoms with E-state index in [-0.39, 0.29) is 24.6 Å². The molecule has 0 bridgehead atoms. The van der Waals surface area contributed by atoms with Gasteiger partial charge in [0.2, 0.25) is 11.8 Å². The average Bonchev–Trinajstić information content (AvgIpc) is 2.67. The summed E-state index contributed by atoms with van der Waals surface area (Å²) < 4.78 is 19.3. The van der Waals surface area contributed by atoms with Gasteiger partial charge in [0.05, 0.1) is 12.8 Å². The molecule has 0 aliphatic heterocycles. The van der Waals surface area contributed by atoms with E-state index in [0.29, 0.717) is 18.0 Å². The van der Waals surface area contributed by atoms with E-state index in [1.54, 1.807) is 0 Å². The van der Waals surface area contributed by atoms with E-state index in [1.165, 1.54) is 30.5 Å². The van der Waals surface area contributed by atoms with Gasteiger partial charge in [0.1, 0.15) is 11.6 Å². The maximum atomic E-state index is 12.8. The zero-order chi connectivity index (χ0) is 20.4. The van der Waals surface area contributed by atoms with Gasteiger partial charge in [-0.2, -0.15) is 5.10 Å². The lowest BCUT2D eigenvalue weighted by molar-refractivity contribution is -0.124. The SMILES string of the molecule is CCCOc1ccc(Br)cc1C=NNC(=O)CCC(=O)Nc1ccc(F)cc1. The Labute approximate surface area is 171 Å². The first-order valence-corrected chi connectivity index (χ1v) is 9.57. The van der Waals surface area contributed by atoms with Gasteiger partial charge >= 0.3 is 0 Å². The van der Waals surface area contributed by atoms with Crippen molar-refractivity contribution in [2.75, 3.05) is 11.9 Å². The molecule has 8 heteroatoms. The predicted molar refractivity (Wildman–Crippen MR) is 110 cm³/mol. The Bertz CT molecular complexity index is 841. The summed E-state index contributed by atoms with van der Waals surface area (Å²) in [5, 5.41) is 6.52. The second kappa shape index (κ2) is 11.2. The van der Waals surface area contributed by atoms with Crippen molar-refractivity contribution in [2.45, 2.75) is 26.2 Å². The minimum Gasteiger partial charge on any atom is -0.493 e. The second-order valence-corrected chi connectivity index (χ2v) is 6.79. The Hall–Kier alpha value is -2.74. The van der Waals surface area contributed by atoms with Crippen LogP contribution in [0.5, 0.6) is 5.75 Å². The van der Waals surface area contributed by atoms with Crippen LogP contribution in [-0.4, -0.2) is 24.6 Å². The molecule has 2 rings (SSSR count). The monoisotopic (exact) mass is 449 g/mol. The second-order valence-electron chi connectivity index (χ2n) is 5.88. The van der Waals surface area contributed by atoms with Gasteiger partial charge in [-0.15, -0.1) is 0 Å². The third kappa shape index (κ3) is 7.48. The summed E-state index contributed by atoms with van der Waals surface area (Å²) in [6.07, 6.45) is 2.33. The van der Waals surface area contributed by atoms with Crippen molar-refractivity contribution in [3.63, 3.8) is 0 Å². The highest BCUT2D eigenvalue weighted by Crippen LogP contribution is 2.22. The van der Waals surface area contributed by atoms with Crippen molar-refractivity contribution >= 4 is 39.6 Å². The molecule has 2 amide bonds. The number of carbonyl (C=O) groups excluding carboxylic acids is 2. The molecule has 0 atom stereocenters. The zero-order valence-corrected chi connectivity index (χ0v) is 17.0. The van der Waals surface area contributed by atoms with E-state index >= 15 is 0 Å². The van der Waals surface area contributed by atoms with Crippen LogP contribution in [0.4, 0.5) is 10.1 Å². The van der Waals surface area contributed by atoms with Crippen molar-refractivity contribution in [2.24, 2.45) is 5.10 Å². The van der Waals surface area contributed by atoms with Gasteiger partial charge in [-0.3, -0.25) is 9.59 Å². The van der Waals surface area contributed by atoms with Crippen molar-refractivity contribution < 1.29 is 18.7 Å². The van der Waals surface area contributed by atoms with E-state index in [0.717, 1.165) is 16.5 Å². The Morgan fingerprint density at radius 3 is 2.57 bits per heavy atom. The van der Waals surface area contributed by atoms with Gasteiger partial charge in [0.25, 0.3) is 0 Å². The molecular formula is C20H21BrFN3O3. The highest BCUT2D eigenvalue weighted by molar-refractivity contribution is 9.10. The van der Waals surface area contributed by atoms with E-state index in [9.17, 15) is 14.0 Å². The maximum absolute atomic E-state index is 12.8. The molecule has 0 aliphatic carbocycles. The first-order chi connectivity index (χ1) is 13.5. The fraction of sp³-hybridized carbons (Fsp3) is 0.250. The third-order valence-electron chi connectivity index (χ3n) is 3.53. The van der Waals surface area contributed by atoms with Crippen molar-refractivity contribution in [3.8, 4) is 5.75 Å². The van der Waals surface area contributed by atoms with Crippen LogP contribution in [0.3, 0.4) is 0 Å². The molecule has 0 heterocycles. The fourth-order valence-electron chi connectivity index (χ4n) is 2.18. The molecule has 0 saturated carbocycles. The summed E-state index contributed by atoms with van der Waals surface area (Å²) in [5.41, 5.74) is 3.58. The third-order valence-corrected chi connectivity index (χ3v) is 4.03. The van der Waals surface area contributed by atoms with E-state index in [1.807, 2.05) is 25.1 Å². The maximum Gasteiger partial charge on any atom is 0.240 e. The number of carbonyl (C=O) groups is 2. The number of nitrogens with zero attached hydrogens (tertiary/aromatic N) is 1. The molecular weight excluding hydrogens is 429 g/mol. The van der Waals surface area contributed by atoms with E-state index in [2.05, 4.69) is 31.8 Å². The van der Waals surface area contributed by atoms with Gasteiger partial charge in [-0.25, -0.2) is 9.82 Å². The number of hydrogen-bond donors (Lipinski definition) is 2. The number of nitrogens with one attached hydrogen (secondary N) is 2. The van der Waals surface area contributed by atoms with Gasteiger partial charge < -0.3 is 10.1 Å². The van der Waals surface area contributed by atoms with E-state index < -0.39 is 5.91 Å². The number of amides is 2. The minimum atomic E-state index is -0.392. The topological polar surface area (TPSA) is 79.8 Å². The molecule has 2 aromatic rings. The number of hydrogen-bond acceptors (Lipinski definition) is 4. The van der Waals surface area contributed by atoms with Crippen LogP contribution in [0.2, 0.25) is 0 Å². The van der Waals surface area contributed by atoms with Crippen LogP contribution >= 0.6 is 15.9 Å². The van der Waals surface area contributed by atoms with Crippen molar-refractivity contribution in [1.82, 2.24) is 5.43 Å². The number of benzene rings is 2. The van der Waals surface area contributed by atoms with Gasteiger partial charge in [-0.1, -0.05) is 22.9 Å². The quantitative estimate of drug-likeness (QED) is 0.443. The summed E-state index contributed by atoms with van der Waals surface area (Å²) in [5.74, 6) is -0.449. The summed E-state index contributed by atoms with van der Waals surface area (Å²) in [4.78, 5) is 23.7. The van der Waals surface area contributed by atoms with Crippen LogP contribution in [0, 0.1) is 5.82 Å². The molecule has 0 fully saturated rings. The molecule has 28 heavy (non-hydrogen) atoms. The molecule has 0 unspecified atom stereocenters. The number of rotatable bonds is 9. The van der Waals surface area contributed by atoms with Crippen molar-refractivity contribution in [3.05, 3.63) is 58.3 Å². The predicted octanol–water partition coefficient (Wildman–Crippen LogP) is 4.25. The molecule has 2 N–H and O–H groups in total. The van der Waals surface area contributed by atoms with Crippen molar-refractivity contribution in [1.29, 1.82) is 0 Å². The first kappa shape index (κ1) is 21.6. The highest BCUT2D eigenvalue weighted by atomic mass is 79.9. The van der Waals surface area contributed by atoms with Gasteiger partial charge in [0.15, 0.2) is 0 Å². The molecule has 0 radical (unpaired) electrons. The zero-order valence-electron chi connectivity index (χ0n) is 15.4. The first-order valence-electron chi connectivity index (χ1n) is 8.77. The lowest BCUT2D eigenvalue weighted by Crippen LogP contribution is -2.20. The molecule has 148 valence electrons. The number of anilines is 1. The minimum absolute atomic E-state index is 0.0134. The summed E-state index contributed by atoms with van der Waals surface area (Å²) in [6.45, 7) is 2.59. The Kier molecular flexibility index (Phi) is 8.61. The molecule has 0 spiro atoms. The Balaban J connectivity index is 1.81. The largest absolute Gasteiger partial charge is 0.493 e. The average molecular weight is 450 g/mol. The van der Waals surface area contributed by atoms with Crippen LogP contribution in [0.15, 0.2) is 52.0 Å². The molecule has 0 aliphatic rings. The van der Waals surface area contributed by atoms with E-state index in [4.69, 9.17) is 4.74 Å². The van der Waals surface area contributed by atoms with Gasteiger partial charge in [0, 0.05) is 28.6 Å². The number of hydrazone groups is 1. The molecule has 2 aromatic carbocycles. The normalized spacial score (nSPS) is 10.7. The molecule has 0 saturated heterocycles. The summed E-state index contributed by atoms with van der Waals surface area (Å²) >= 11 is 3.39. The van der Waals surface area contributed by atoms with Crippen LogP contribution in [-0.2, 0) is 9.59 Å². The lowest BCUT2D eigenvalue weighted by Gasteiger charge is -2.08. The Morgan fingerprint density at radius 2 is 1.86 bits per heavy atom. The van der Waals surface area contributed by atoms with Crippen LogP contribution in [0.25, 0.3) is 0 Å². The standard InChI is InChI=1S/C20H21BrFN3O3/c1-2-11-28-18-8-3-15(21)12-14(18)13-23-25-20(27)10-9-19(26)24-17-6-4-16(22)5-7-17/h3-8,12-13H,2,9-11H2,1H3,(H,24,26)(H,25,27). The summed E-state index contributed by atoms with van der Waals surface area (Å²) in [7, 11) is 0. The molecule has 0 aromatic heterocycles. The highest BCUT2D eigenvalue weighted by Gasteiger charge is 2.07. The number of halogens is 2. The smallest absolute Gasteiger partial charge is 0.240 e. The van der Waals surface area contributed by atoms with Crippen LogP contribution < -0.4 is 15.5 Å². The van der Waals surface area contributed by atoms with Gasteiger partial charge in [-0.05, 0) is 48.9 Å². The lowest BCUT2D eigenvalue weighted by atomic mass is 10.2. The van der Waals surface area contributed by atoms with Crippen LogP contribution in [0.1, 0.15) is 31.7 Å². The molecule has 6 nitrogen and oxygen atoms in total. The fourth-order valence-corrected chi connectivity index (χ4v) is 2.56. The summed E-state index contributed by atoms with van der Waals surface area (Å²) in [6, 6.07) is 10.9.